The molecule has 3 heterocycles. The van der Waals surface area contributed by atoms with Crippen molar-refractivity contribution in [1.82, 2.24) is 25.3 Å². The summed E-state index contributed by atoms with van der Waals surface area (Å²) in [6.45, 7) is 0.467. The lowest BCUT2D eigenvalue weighted by molar-refractivity contribution is 0.0876. The molecule has 8 nitrogen and oxygen atoms in total. The van der Waals surface area contributed by atoms with Gasteiger partial charge in [-0.3, -0.25) is 0 Å². The van der Waals surface area contributed by atoms with Crippen molar-refractivity contribution in [1.29, 1.82) is 0 Å². The van der Waals surface area contributed by atoms with Gasteiger partial charge in [-0.15, -0.1) is 10.2 Å². The van der Waals surface area contributed by atoms with Crippen LogP contribution in [0.15, 0.2) is 42.5 Å². The smallest absolute Gasteiger partial charge is 0.211 e. The fourth-order valence-corrected chi connectivity index (χ4v) is 5.80. The van der Waals surface area contributed by atoms with Gasteiger partial charge in [0.2, 0.25) is 10.0 Å². The van der Waals surface area contributed by atoms with Gasteiger partial charge < -0.3 is 4.74 Å². The maximum absolute atomic E-state index is 12.5. The van der Waals surface area contributed by atoms with Crippen LogP contribution >= 0.6 is 0 Å². The molecule has 4 atom stereocenters. The number of benzene rings is 1. The van der Waals surface area contributed by atoms with Crippen molar-refractivity contribution in [2.24, 2.45) is 11.8 Å². The molecule has 2 saturated heterocycles. The fourth-order valence-electron chi connectivity index (χ4n) is 4.71. The number of allylic oxidation sites excluding steroid dienone is 2. The number of aromatic amines is 1. The Morgan fingerprint density at radius 3 is 2.68 bits per heavy atom. The van der Waals surface area contributed by atoms with E-state index < -0.39 is 10.0 Å². The minimum atomic E-state index is -3.30. The number of rotatable bonds is 12. The maximum Gasteiger partial charge on any atom is 0.211 e. The number of unbranched alkanes of at least 4 members (excludes halogenated alkanes) is 1. The summed E-state index contributed by atoms with van der Waals surface area (Å²) in [5, 5.41) is 14.0. The van der Waals surface area contributed by atoms with Crippen molar-refractivity contribution in [3.63, 3.8) is 0 Å². The van der Waals surface area contributed by atoms with Crippen molar-refractivity contribution in [3.8, 4) is 0 Å². The molecule has 2 aromatic rings. The highest BCUT2D eigenvalue weighted by Crippen LogP contribution is 2.45. The van der Waals surface area contributed by atoms with E-state index in [1.54, 1.807) is 0 Å². The van der Waals surface area contributed by atoms with E-state index >= 15 is 0 Å². The molecule has 0 saturated carbocycles. The first-order valence-corrected chi connectivity index (χ1v) is 12.8. The lowest BCUT2D eigenvalue weighted by Crippen LogP contribution is -2.39. The molecular weight excluding hydrogens is 414 g/mol. The van der Waals surface area contributed by atoms with Crippen LogP contribution in [0.5, 0.6) is 0 Å². The molecule has 0 aliphatic carbocycles. The third-order valence-corrected chi connectivity index (χ3v) is 7.71. The van der Waals surface area contributed by atoms with Gasteiger partial charge in [0.1, 0.15) is 0 Å². The van der Waals surface area contributed by atoms with Gasteiger partial charge in [0.25, 0.3) is 0 Å². The largest absolute Gasteiger partial charge is 0.374 e. The van der Waals surface area contributed by atoms with Crippen LogP contribution in [0.25, 0.3) is 0 Å². The molecule has 1 aromatic carbocycles. The van der Waals surface area contributed by atoms with E-state index in [-0.39, 0.29) is 23.9 Å². The van der Waals surface area contributed by atoms with E-state index in [0.29, 0.717) is 18.9 Å². The molecule has 2 N–H and O–H groups in total. The number of fused-ring (bicyclic) bond motifs is 2. The Morgan fingerprint density at radius 2 is 1.90 bits per heavy atom. The molecule has 0 radical (unpaired) electrons. The van der Waals surface area contributed by atoms with Gasteiger partial charge in [-0.05, 0) is 50.0 Å². The number of nitrogens with one attached hydrogen (secondary N) is 2. The van der Waals surface area contributed by atoms with Crippen molar-refractivity contribution in [3.05, 3.63) is 53.9 Å². The summed E-state index contributed by atoms with van der Waals surface area (Å²) in [4.78, 5) is 0. The highest BCUT2D eigenvalue weighted by molar-refractivity contribution is 7.89. The van der Waals surface area contributed by atoms with Gasteiger partial charge in [0, 0.05) is 18.9 Å². The fraction of sp³-hybridized carbons (Fsp3) is 0.591. The Balaban J connectivity index is 1.22. The number of nitrogens with zero attached hydrogens (tertiary/aromatic N) is 3. The Bertz CT molecular complexity index is 933. The highest BCUT2D eigenvalue weighted by Gasteiger charge is 2.48. The quantitative estimate of drug-likeness (QED) is 0.384. The van der Waals surface area contributed by atoms with E-state index in [1.165, 1.54) is 0 Å². The van der Waals surface area contributed by atoms with Crippen LogP contribution in [0, 0.1) is 11.8 Å². The predicted octanol–water partition coefficient (Wildman–Crippen LogP) is 2.42. The van der Waals surface area contributed by atoms with Crippen LogP contribution in [0.3, 0.4) is 0 Å². The number of hydrogen-bond acceptors (Lipinski definition) is 6. The van der Waals surface area contributed by atoms with Crippen LogP contribution in [-0.2, 0) is 27.6 Å². The topological polar surface area (TPSA) is 110 Å². The normalized spacial score (nSPS) is 25.5. The van der Waals surface area contributed by atoms with Gasteiger partial charge in [-0.2, -0.15) is 5.21 Å². The van der Waals surface area contributed by atoms with Crippen LogP contribution in [0.2, 0.25) is 0 Å². The lowest BCUT2D eigenvalue weighted by Gasteiger charge is -2.27. The van der Waals surface area contributed by atoms with Gasteiger partial charge in [0.05, 0.1) is 18.0 Å². The number of tetrazole rings is 1. The minimum absolute atomic E-state index is 0.115. The molecule has 168 valence electrons. The molecule has 2 fully saturated rings. The van der Waals surface area contributed by atoms with E-state index in [0.717, 1.165) is 49.9 Å². The van der Waals surface area contributed by atoms with Crippen molar-refractivity contribution < 1.29 is 13.2 Å². The molecule has 4 rings (SSSR count). The number of aromatic nitrogens is 4. The number of hydrogen-bond donors (Lipinski definition) is 2. The molecule has 1 aromatic heterocycles. The molecule has 0 amide bonds. The first kappa shape index (κ1) is 22.1. The molecule has 2 bridgehead atoms. The van der Waals surface area contributed by atoms with Crippen molar-refractivity contribution in [2.45, 2.75) is 57.2 Å². The number of sulfonamides is 1. The van der Waals surface area contributed by atoms with Gasteiger partial charge in [-0.1, -0.05) is 47.7 Å². The van der Waals surface area contributed by atoms with Crippen molar-refractivity contribution >= 4 is 10.0 Å². The van der Waals surface area contributed by atoms with E-state index in [1.807, 2.05) is 30.3 Å². The predicted molar refractivity (Wildman–Crippen MR) is 118 cm³/mol. The van der Waals surface area contributed by atoms with Gasteiger partial charge in [0.15, 0.2) is 5.82 Å². The van der Waals surface area contributed by atoms with E-state index in [4.69, 9.17) is 4.74 Å². The second-order valence-electron chi connectivity index (χ2n) is 8.45. The van der Waals surface area contributed by atoms with E-state index in [2.05, 4.69) is 37.5 Å². The van der Waals surface area contributed by atoms with E-state index in [9.17, 15) is 8.42 Å². The van der Waals surface area contributed by atoms with Gasteiger partial charge >= 0.3 is 0 Å². The second-order valence-corrected chi connectivity index (χ2v) is 10.4. The standard InChI is InChI=1S/C22H31N5O3S/c28-31(29,15-14-17-8-4-3-5-9-17)23-16-19-18(20-12-13-21(19)30-20)10-6-1-2-7-11-22-24-26-27-25-22/h1,3-6,8-9,18-21,23H,2,7,10-16H2,(H,24,25,26,27)/t18-,19+,20-,21+/m0/s1. The lowest BCUT2D eigenvalue weighted by atomic mass is 9.77. The van der Waals surface area contributed by atoms with Gasteiger partial charge in [-0.25, -0.2) is 13.1 Å². The molecular formula is C22H31N5O3S. The Labute approximate surface area is 183 Å². The zero-order valence-corrected chi connectivity index (χ0v) is 18.5. The SMILES string of the molecule is O=S(=O)(CCc1ccccc1)NC[C@@H]1[C@H](CC=CCCCc2nn[nH]n2)[C@@H]2CC[C@H]1O2. The molecule has 31 heavy (non-hydrogen) atoms. The molecule has 2 aliphatic heterocycles. The average Bonchev–Trinajstić information content (AvgIpc) is 3.52. The summed E-state index contributed by atoms with van der Waals surface area (Å²) in [5.41, 5.74) is 1.04. The van der Waals surface area contributed by atoms with Crippen LogP contribution in [0.4, 0.5) is 0 Å². The number of aryl methyl sites for hydroxylation is 2. The zero-order chi connectivity index (χ0) is 21.5. The summed E-state index contributed by atoms with van der Waals surface area (Å²) >= 11 is 0. The molecule has 0 spiro atoms. The zero-order valence-electron chi connectivity index (χ0n) is 17.7. The number of ether oxygens (including phenoxy) is 1. The third-order valence-electron chi connectivity index (χ3n) is 6.37. The monoisotopic (exact) mass is 445 g/mol. The molecule has 2 aliphatic rings. The maximum atomic E-state index is 12.5. The highest BCUT2D eigenvalue weighted by atomic mass is 32.2. The second kappa shape index (κ2) is 10.5. The number of H-pyrrole nitrogens is 1. The van der Waals surface area contributed by atoms with Crippen molar-refractivity contribution in [2.75, 3.05) is 12.3 Å². The Hall–Kier alpha value is -2.10. The summed E-state index contributed by atoms with van der Waals surface area (Å²) in [6, 6.07) is 9.73. The summed E-state index contributed by atoms with van der Waals surface area (Å²) < 4.78 is 34.0. The minimum Gasteiger partial charge on any atom is -0.374 e. The van der Waals surface area contributed by atoms with Crippen LogP contribution in [-0.4, -0.2) is 53.5 Å². The average molecular weight is 446 g/mol. The molecule has 9 heteroatoms. The Morgan fingerprint density at radius 1 is 1.10 bits per heavy atom. The summed E-state index contributed by atoms with van der Waals surface area (Å²) in [7, 11) is -3.30. The Kier molecular flexibility index (Phi) is 7.47. The summed E-state index contributed by atoms with van der Waals surface area (Å²) in [6.07, 6.45) is 11.2. The molecule has 0 unspecified atom stereocenters. The summed E-state index contributed by atoms with van der Waals surface area (Å²) in [5.74, 6) is 1.48. The third kappa shape index (κ3) is 6.21. The first-order valence-electron chi connectivity index (χ1n) is 11.1. The van der Waals surface area contributed by atoms with Crippen LogP contribution in [0.1, 0.15) is 43.5 Å². The van der Waals surface area contributed by atoms with Crippen LogP contribution < -0.4 is 4.72 Å². The first-order chi connectivity index (χ1) is 15.1.